The van der Waals surface area contributed by atoms with Crippen LogP contribution in [0.25, 0.3) is 20.8 Å². The molecule has 32 heavy (non-hydrogen) atoms. The number of esters is 1. The molecule has 0 spiro atoms. The Hall–Kier alpha value is -3.62. The molecule has 0 atom stereocenters. The summed E-state index contributed by atoms with van der Waals surface area (Å²) in [6.45, 7) is 2.07. The molecule has 8 heteroatoms. The van der Waals surface area contributed by atoms with Gasteiger partial charge in [-0.2, -0.15) is 0 Å². The smallest absolute Gasteiger partial charge is 0.337 e. The highest BCUT2D eigenvalue weighted by Crippen LogP contribution is 2.31. The van der Waals surface area contributed by atoms with Gasteiger partial charge in [-0.1, -0.05) is 6.07 Å². The summed E-state index contributed by atoms with van der Waals surface area (Å²) in [6, 6.07) is 20.1. The number of thiocarbonyl (C=S) groups is 1. The first kappa shape index (κ1) is 21.6. The van der Waals surface area contributed by atoms with Crippen LogP contribution < -0.4 is 10.6 Å². The molecular formula is C24H19N3O3S2. The van der Waals surface area contributed by atoms with E-state index in [9.17, 15) is 9.59 Å². The molecule has 4 rings (SSSR count). The van der Waals surface area contributed by atoms with Gasteiger partial charge in [-0.25, -0.2) is 9.78 Å². The minimum absolute atomic E-state index is 0.176. The summed E-state index contributed by atoms with van der Waals surface area (Å²) >= 11 is 6.90. The topological polar surface area (TPSA) is 80.3 Å². The molecule has 3 aromatic carbocycles. The Morgan fingerprint density at radius 3 is 2.34 bits per heavy atom. The Labute approximate surface area is 194 Å². The van der Waals surface area contributed by atoms with Gasteiger partial charge in [-0.05, 0) is 85.4 Å². The van der Waals surface area contributed by atoms with Crippen LogP contribution in [-0.2, 0) is 4.74 Å². The Bertz CT molecular complexity index is 1310. The summed E-state index contributed by atoms with van der Waals surface area (Å²) in [5, 5.41) is 6.76. The zero-order chi connectivity index (χ0) is 22.7. The maximum absolute atomic E-state index is 12.4. The van der Waals surface area contributed by atoms with E-state index in [1.54, 1.807) is 23.5 Å². The molecule has 0 saturated heterocycles. The fourth-order valence-electron chi connectivity index (χ4n) is 3.06. The second-order valence-electron chi connectivity index (χ2n) is 7.04. The normalized spacial score (nSPS) is 10.6. The molecule has 0 aliphatic rings. The van der Waals surface area contributed by atoms with Crippen molar-refractivity contribution in [2.45, 2.75) is 6.92 Å². The first-order valence-corrected chi connectivity index (χ1v) is 10.9. The van der Waals surface area contributed by atoms with E-state index in [2.05, 4.69) is 34.4 Å². The number of anilines is 1. The number of benzene rings is 3. The standard InChI is InChI=1S/C24H19N3O3S2/c1-14-3-12-19-20(13-14)32-22(26-19)16-8-10-18(11-9-16)25-24(31)27-21(28)15-4-6-17(7-5-15)23(29)30-2/h3-13H,1-2H3,(H2,25,27,28,31). The van der Waals surface area contributed by atoms with Crippen LogP contribution in [0.5, 0.6) is 0 Å². The van der Waals surface area contributed by atoms with Gasteiger partial charge in [0.05, 0.1) is 22.9 Å². The molecule has 1 aromatic heterocycles. The zero-order valence-electron chi connectivity index (χ0n) is 17.3. The lowest BCUT2D eigenvalue weighted by Crippen LogP contribution is -2.34. The Balaban J connectivity index is 1.39. The third-order valence-electron chi connectivity index (χ3n) is 4.73. The van der Waals surface area contributed by atoms with Crippen molar-refractivity contribution >= 4 is 56.4 Å². The quantitative estimate of drug-likeness (QED) is 0.322. The molecule has 6 nitrogen and oxygen atoms in total. The van der Waals surface area contributed by atoms with E-state index in [4.69, 9.17) is 17.2 Å². The predicted octanol–water partition coefficient (Wildman–Crippen LogP) is 5.19. The summed E-state index contributed by atoms with van der Waals surface area (Å²) in [6.07, 6.45) is 0. The highest BCUT2D eigenvalue weighted by atomic mass is 32.1. The number of nitrogens with zero attached hydrogens (tertiary/aromatic N) is 1. The summed E-state index contributed by atoms with van der Waals surface area (Å²) in [7, 11) is 1.31. The number of methoxy groups -OCH3 is 1. The maximum Gasteiger partial charge on any atom is 0.337 e. The number of fused-ring (bicyclic) bond motifs is 1. The van der Waals surface area contributed by atoms with Gasteiger partial charge < -0.3 is 10.1 Å². The Morgan fingerprint density at radius 2 is 1.66 bits per heavy atom. The van der Waals surface area contributed by atoms with Gasteiger partial charge in [0.25, 0.3) is 5.91 Å². The number of carbonyl (C=O) groups is 2. The molecule has 0 radical (unpaired) electrons. The number of ether oxygens (including phenoxy) is 1. The third kappa shape index (κ3) is 4.82. The number of rotatable bonds is 4. The largest absolute Gasteiger partial charge is 0.465 e. The van der Waals surface area contributed by atoms with Gasteiger partial charge in [0.2, 0.25) is 0 Å². The molecule has 0 bridgehead atoms. The number of hydrogen-bond donors (Lipinski definition) is 2. The van der Waals surface area contributed by atoms with Crippen molar-refractivity contribution in [2.75, 3.05) is 12.4 Å². The molecule has 4 aromatic rings. The number of carbonyl (C=O) groups excluding carboxylic acids is 2. The lowest BCUT2D eigenvalue weighted by Gasteiger charge is -2.10. The van der Waals surface area contributed by atoms with Crippen LogP contribution in [0.4, 0.5) is 5.69 Å². The molecular weight excluding hydrogens is 442 g/mol. The van der Waals surface area contributed by atoms with Crippen LogP contribution in [0.15, 0.2) is 66.7 Å². The van der Waals surface area contributed by atoms with Crippen LogP contribution in [0, 0.1) is 6.92 Å². The molecule has 0 aliphatic carbocycles. The van der Waals surface area contributed by atoms with Crippen molar-refractivity contribution in [1.82, 2.24) is 10.3 Å². The fraction of sp³-hybridized carbons (Fsp3) is 0.0833. The number of nitrogens with one attached hydrogen (secondary N) is 2. The number of aromatic nitrogens is 1. The molecule has 0 unspecified atom stereocenters. The second kappa shape index (κ2) is 9.25. The van der Waals surface area contributed by atoms with E-state index in [0.717, 1.165) is 26.5 Å². The van der Waals surface area contributed by atoms with Crippen LogP contribution in [0.1, 0.15) is 26.3 Å². The fourth-order valence-corrected chi connectivity index (χ4v) is 4.34. The lowest BCUT2D eigenvalue weighted by molar-refractivity contribution is 0.0600. The minimum Gasteiger partial charge on any atom is -0.465 e. The van der Waals surface area contributed by atoms with E-state index in [1.807, 2.05) is 30.3 Å². The van der Waals surface area contributed by atoms with E-state index in [1.165, 1.54) is 24.8 Å². The van der Waals surface area contributed by atoms with Gasteiger partial charge in [-0.3, -0.25) is 10.1 Å². The van der Waals surface area contributed by atoms with Gasteiger partial charge in [-0.15, -0.1) is 11.3 Å². The van der Waals surface area contributed by atoms with Gasteiger partial charge in [0.1, 0.15) is 5.01 Å². The second-order valence-corrected chi connectivity index (χ2v) is 8.48. The average Bonchev–Trinajstić information content (AvgIpc) is 3.22. The van der Waals surface area contributed by atoms with Gasteiger partial charge in [0, 0.05) is 16.8 Å². The Morgan fingerprint density at radius 1 is 0.969 bits per heavy atom. The highest BCUT2D eigenvalue weighted by Gasteiger charge is 2.11. The number of thiazole rings is 1. The number of hydrogen-bond acceptors (Lipinski definition) is 6. The van der Waals surface area contributed by atoms with Crippen LogP contribution in [-0.4, -0.2) is 29.1 Å². The SMILES string of the molecule is COC(=O)c1ccc(C(=O)NC(=S)Nc2ccc(-c3nc4ccc(C)cc4s3)cc2)cc1. The molecule has 0 saturated carbocycles. The number of amides is 1. The highest BCUT2D eigenvalue weighted by molar-refractivity contribution is 7.80. The lowest BCUT2D eigenvalue weighted by atomic mass is 10.1. The van der Waals surface area contributed by atoms with Crippen LogP contribution in [0.3, 0.4) is 0 Å². The van der Waals surface area contributed by atoms with E-state index >= 15 is 0 Å². The summed E-state index contributed by atoms with van der Waals surface area (Å²) in [4.78, 5) is 28.6. The first-order chi connectivity index (χ1) is 15.4. The van der Waals surface area contributed by atoms with Gasteiger partial charge >= 0.3 is 5.97 Å². The Kier molecular flexibility index (Phi) is 6.25. The van der Waals surface area contributed by atoms with Crippen molar-refractivity contribution in [3.05, 3.63) is 83.4 Å². The molecule has 0 fully saturated rings. The van der Waals surface area contributed by atoms with Crippen molar-refractivity contribution in [1.29, 1.82) is 0 Å². The monoisotopic (exact) mass is 461 g/mol. The van der Waals surface area contributed by atoms with Crippen LogP contribution >= 0.6 is 23.6 Å². The molecule has 1 heterocycles. The van der Waals surface area contributed by atoms with Gasteiger partial charge in [0.15, 0.2) is 5.11 Å². The summed E-state index contributed by atoms with van der Waals surface area (Å²) < 4.78 is 5.81. The molecule has 160 valence electrons. The van der Waals surface area contributed by atoms with E-state index in [0.29, 0.717) is 11.1 Å². The predicted molar refractivity (Wildman–Crippen MR) is 131 cm³/mol. The van der Waals surface area contributed by atoms with E-state index < -0.39 is 5.97 Å². The third-order valence-corrected chi connectivity index (χ3v) is 6.00. The van der Waals surface area contributed by atoms with Crippen molar-refractivity contribution in [3.8, 4) is 10.6 Å². The maximum atomic E-state index is 12.4. The zero-order valence-corrected chi connectivity index (χ0v) is 19.0. The summed E-state index contributed by atoms with van der Waals surface area (Å²) in [5.74, 6) is -0.834. The average molecular weight is 462 g/mol. The van der Waals surface area contributed by atoms with Crippen molar-refractivity contribution in [2.24, 2.45) is 0 Å². The summed E-state index contributed by atoms with van der Waals surface area (Å²) in [5.41, 5.74) is 4.70. The molecule has 2 N–H and O–H groups in total. The van der Waals surface area contributed by atoms with Crippen molar-refractivity contribution < 1.29 is 14.3 Å². The van der Waals surface area contributed by atoms with Crippen LogP contribution in [0.2, 0.25) is 0 Å². The minimum atomic E-state index is -0.460. The van der Waals surface area contributed by atoms with Crippen molar-refractivity contribution in [3.63, 3.8) is 0 Å². The van der Waals surface area contributed by atoms with E-state index in [-0.39, 0.29) is 11.0 Å². The molecule has 1 amide bonds. The first-order valence-electron chi connectivity index (χ1n) is 9.71. The molecule has 0 aliphatic heterocycles. The number of aryl methyl sites for hydroxylation is 1.